The standard InChI is InChI=1S/C18H23NO5/c1-3-23-14-4-5-15-12(9-14)8-13(10-24-15)16(20)19-7-6-18(2,11-19)17(21)22/h4-5,9,13H,3,6-8,10-11H2,1-2H3,(H,21,22)/t13-,18-/m0/s1. The van der Waals surface area contributed by atoms with Crippen molar-refractivity contribution < 1.29 is 24.2 Å². The molecule has 6 heteroatoms. The number of aliphatic carboxylic acids is 1. The number of carboxylic acids is 1. The molecule has 1 aromatic carbocycles. The summed E-state index contributed by atoms with van der Waals surface area (Å²) < 4.78 is 11.2. The summed E-state index contributed by atoms with van der Waals surface area (Å²) in [6, 6.07) is 5.66. The van der Waals surface area contributed by atoms with Crippen molar-refractivity contribution in [3.8, 4) is 11.5 Å². The average Bonchev–Trinajstić information content (AvgIpc) is 2.98. The minimum Gasteiger partial charge on any atom is -0.494 e. The Kier molecular flexibility index (Phi) is 4.39. The molecule has 0 aromatic heterocycles. The maximum atomic E-state index is 12.8. The molecule has 2 atom stereocenters. The Morgan fingerprint density at radius 2 is 2.25 bits per heavy atom. The van der Waals surface area contributed by atoms with Gasteiger partial charge in [0, 0.05) is 13.1 Å². The van der Waals surface area contributed by atoms with Crippen LogP contribution >= 0.6 is 0 Å². The van der Waals surface area contributed by atoms with E-state index in [-0.39, 0.29) is 18.4 Å². The van der Waals surface area contributed by atoms with Crippen LogP contribution in [0.2, 0.25) is 0 Å². The fourth-order valence-corrected chi connectivity index (χ4v) is 3.37. The highest BCUT2D eigenvalue weighted by atomic mass is 16.5. The second-order valence-electron chi connectivity index (χ2n) is 6.79. The highest BCUT2D eigenvalue weighted by Gasteiger charge is 2.43. The number of benzene rings is 1. The fourth-order valence-electron chi connectivity index (χ4n) is 3.37. The van der Waals surface area contributed by atoms with E-state index in [1.165, 1.54) is 0 Å². The molecule has 3 rings (SSSR count). The number of carboxylic acid groups (broad SMARTS) is 1. The van der Waals surface area contributed by atoms with Gasteiger partial charge in [0.2, 0.25) is 5.91 Å². The zero-order valence-corrected chi connectivity index (χ0v) is 14.1. The SMILES string of the molecule is CCOc1ccc2c(c1)C[C@H](C(=O)N1CC[C@](C)(C(=O)O)C1)CO2. The number of ether oxygens (including phenoxy) is 2. The zero-order valence-electron chi connectivity index (χ0n) is 14.1. The number of fused-ring (bicyclic) bond motifs is 1. The van der Waals surface area contributed by atoms with Gasteiger partial charge in [-0.3, -0.25) is 9.59 Å². The Bertz CT molecular complexity index is 659. The van der Waals surface area contributed by atoms with Gasteiger partial charge in [-0.1, -0.05) is 0 Å². The van der Waals surface area contributed by atoms with Crippen molar-refractivity contribution in [3.63, 3.8) is 0 Å². The smallest absolute Gasteiger partial charge is 0.311 e. The molecule has 1 amide bonds. The highest BCUT2D eigenvalue weighted by Crippen LogP contribution is 2.34. The van der Waals surface area contributed by atoms with E-state index >= 15 is 0 Å². The van der Waals surface area contributed by atoms with Crippen LogP contribution in [0, 0.1) is 11.3 Å². The van der Waals surface area contributed by atoms with Crippen LogP contribution in [-0.4, -0.2) is 48.2 Å². The molecule has 1 N–H and O–H groups in total. The molecule has 0 aliphatic carbocycles. The third-order valence-corrected chi connectivity index (χ3v) is 4.90. The van der Waals surface area contributed by atoms with Crippen molar-refractivity contribution in [2.75, 3.05) is 26.3 Å². The topological polar surface area (TPSA) is 76.1 Å². The number of hydrogen-bond acceptors (Lipinski definition) is 4. The highest BCUT2D eigenvalue weighted by molar-refractivity contribution is 5.82. The van der Waals surface area contributed by atoms with Gasteiger partial charge in [-0.2, -0.15) is 0 Å². The normalized spacial score (nSPS) is 25.8. The predicted molar refractivity (Wildman–Crippen MR) is 87.2 cm³/mol. The van der Waals surface area contributed by atoms with Gasteiger partial charge in [-0.05, 0) is 50.5 Å². The summed E-state index contributed by atoms with van der Waals surface area (Å²) in [4.78, 5) is 25.8. The Morgan fingerprint density at radius 3 is 2.92 bits per heavy atom. The van der Waals surface area contributed by atoms with Crippen molar-refractivity contribution in [2.24, 2.45) is 11.3 Å². The Labute approximate surface area is 141 Å². The van der Waals surface area contributed by atoms with Crippen molar-refractivity contribution in [2.45, 2.75) is 26.7 Å². The summed E-state index contributed by atoms with van der Waals surface area (Å²) in [5.74, 6) is 0.425. The molecule has 2 heterocycles. The van der Waals surface area contributed by atoms with E-state index < -0.39 is 11.4 Å². The van der Waals surface area contributed by atoms with Crippen molar-refractivity contribution in [3.05, 3.63) is 23.8 Å². The molecule has 2 aliphatic rings. The number of carbonyl (C=O) groups is 2. The minimum atomic E-state index is -0.843. The largest absolute Gasteiger partial charge is 0.494 e. The number of nitrogens with zero attached hydrogens (tertiary/aromatic N) is 1. The van der Waals surface area contributed by atoms with Gasteiger partial charge in [-0.25, -0.2) is 0 Å². The second-order valence-corrected chi connectivity index (χ2v) is 6.79. The van der Waals surface area contributed by atoms with E-state index in [0.717, 1.165) is 17.1 Å². The number of carbonyl (C=O) groups excluding carboxylic acids is 1. The van der Waals surface area contributed by atoms with E-state index in [1.807, 2.05) is 25.1 Å². The van der Waals surface area contributed by atoms with E-state index in [0.29, 0.717) is 32.6 Å². The molecular weight excluding hydrogens is 310 g/mol. The van der Waals surface area contributed by atoms with Crippen LogP contribution in [0.1, 0.15) is 25.8 Å². The monoisotopic (exact) mass is 333 g/mol. The lowest BCUT2D eigenvalue weighted by atomic mass is 9.90. The molecule has 0 bridgehead atoms. The molecule has 6 nitrogen and oxygen atoms in total. The first kappa shape index (κ1) is 16.6. The molecular formula is C18H23NO5. The molecule has 0 spiro atoms. The van der Waals surface area contributed by atoms with Gasteiger partial charge in [0.1, 0.15) is 18.1 Å². The Morgan fingerprint density at radius 1 is 1.46 bits per heavy atom. The summed E-state index contributed by atoms with van der Waals surface area (Å²) in [7, 11) is 0. The Balaban J connectivity index is 1.70. The molecule has 1 fully saturated rings. The number of amides is 1. The second kappa shape index (κ2) is 6.34. The minimum absolute atomic E-state index is 0.0209. The molecule has 1 saturated heterocycles. The summed E-state index contributed by atoms with van der Waals surface area (Å²) in [5, 5.41) is 9.32. The molecule has 130 valence electrons. The number of rotatable bonds is 4. The lowest BCUT2D eigenvalue weighted by molar-refractivity contribution is -0.147. The summed E-state index contributed by atoms with van der Waals surface area (Å²) in [6.07, 6.45) is 1.09. The van der Waals surface area contributed by atoms with E-state index in [2.05, 4.69) is 0 Å². The van der Waals surface area contributed by atoms with Crippen molar-refractivity contribution in [1.29, 1.82) is 0 Å². The molecule has 0 unspecified atom stereocenters. The van der Waals surface area contributed by atoms with Gasteiger partial charge in [0.25, 0.3) is 0 Å². The fraction of sp³-hybridized carbons (Fsp3) is 0.556. The summed E-state index contributed by atoms with van der Waals surface area (Å²) >= 11 is 0. The number of likely N-dealkylation sites (tertiary alicyclic amines) is 1. The summed E-state index contributed by atoms with van der Waals surface area (Å²) in [6.45, 7) is 5.30. The van der Waals surface area contributed by atoms with E-state index in [1.54, 1.807) is 11.8 Å². The van der Waals surface area contributed by atoms with Crippen LogP contribution in [0.25, 0.3) is 0 Å². The third kappa shape index (κ3) is 3.05. The average molecular weight is 333 g/mol. The first-order valence-electron chi connectivity index (χ1n) is 8.33. The van der Waals surface area contributed by atoms with Gasteiger partial charge in [0.05, 0.1) is 17.9 Å². The zero-order chi connectivity index (χ0) is 17.3. The van der Waals surface area contributed by atoms with Crippen LogP contribution in [0.15, 0.2) is 18.2 Å². The van der Waals surface area contributed by atoms with Gasteiger partial charge in [0.15, 0.2) is 0 Å². The van der Waals surface area contributed by atoms with Gasteiger partial charge >= 0.3 is 5.97 Å². The number of hydrogen-bond donors (Lipinski definition) is 1. The first-order valence-corrected chi connectivity index (χ1v) is 8.33. The van der Waals surface area contributed by atoms with Crippen LogP contribution in [0.3, 0.4) is 0 Å². The van der Waals surface area contributed by atoms with Gasteiger partial charge in [-0.15, -0.1) is 0 Å². The van der Waals surface area contributed by atoms with E-state index in [4.69, 9.17) is 9.47 Å². The molecule has 0 saturated carbocycles. The predicted octanol–water partition coefficient (Wildman–Crippen LogP) is 1.96. The lowest BCUT2D eigenvalue weighted by Crippen LogP contribution is -2.41. The third-order valence-electron chi connectivity index (χ3n) is 4.90. The van der Waals surface area contributed by atoms with Crippen LogP contribution in [-0.2, 0) is 16.0 Å². The quantitative estimate of drug-likeness (QED) is 0.911. The molecule has 24 heavy (non-hydrogen) atoms. The van der Waals surface area contributed by atoms with Crippen molar-refractivity contribution in [1.82, 2.24) is 4.90 Å². The maximum Gasteiger partial charge on any atom is 0.311 e. The lowest BCUT2D eigenvalue weighted by Gasteiger charge is -2.29. The molecule has 1 aromatic rings. The van der Waals surface area contributed by atoms with Crippen LogP contribution in [0.4, 0.5) is 0 Å². The van der Waals surface area contributed by atoms with Gasteiger partial charge < -0.3 is 19.5 Å². The first-order chi connectivity index (χ1) is 11.4. The Hall–Kier alpha value is -2.24. The molecule has 2 aliphatic heterocycles. The van der Waals surface area contributed by atoms with Crippen molar-refractivity contribution >= 4 is 11.9 Å². The maximum absolute atomic E-state index is 12.8. The van der Waals surface area contributed by atoms with Crippen LogP contribution < -0.4 is 9.47 Å². The van der Waals surface area contributed by atoms with Crippen LogP contribution in [0.5, 0.6) is 11.5 Å². The summed E-state index contributed by atoms with van der Waals surface area (Å²) in [5.41, 5.74) is 0.122. The molecule has 0 radical (unpaired) electrons. The van der Waals surface area contributed by atoms with E-state index in [9.17, 15) is 14.7 Å².